The maximum absolute atomic E-state index is 12.9. The maximum Gasteiger partial charge on any atom is 0.305 e. The van der Waals surface area contributed by atoms with Crippen LogP contribution in [0.5, 0.6) is 0 Å². The van der Waals surface area contributed by atoms with Gasteiger partial charge in [-0.2, -0.15) is 0 Å². The molecule has 2 amide bonds. The summed E-state index contributed by atoms with van der Waals surface area (Å²) in [6.07, 6.45) is -1.52. The quantitative estimate of drug-likeness (QED) is 0.716. The normalized spacial score (nSPS) is 16.3. The van der Waals surface area contributed by atoms with Crippen molar-refractivity contribution in [2.75, 3.05) is 4.90 Å². The Kier molecular flexibility index (Phi) is 5.30. The van der Waals surface area contributed by atoms with Crippen molar-refractivity contribution in [2.24, 2.45) is 4.99 Å². The van der Waals surface area contributed by atoms with Crippen LogP contribution < -0.4 is 4.90 Å². The highest BCUT2D eigenvalue weighted by Gasteiger charge is 2.36. The highest BCUT2D eigenvalue weighted by atomic mass is 35.5. The van der Waals surface area contributed by atoms with E-state index in [1.807, 2.05) is 0 Å². The number of rotatable bonds is 2. The number of carbonyl (C=O) groups excluding carboxylic acids is 3. The average molecular weight is 405 g/mol. The summed E-state index contributed by atoms with van der Waals surface area (Å²) in [4.78, 5) is 41.8. The smallest absolute Gasteiger partial charge is 0.305 e. The highest BCUT2D eigenvalue weighted by Crippen LogP contribution is 2.33. The third-order valence-corrected chi connectivity index (χ3v) is 4.42. The van der Waals surface area contributed by atoms with Crippen molar-refractivity contribution in [1.82, 2.24) is 0 Å². The van der Waals surface area contributed by atoms with Crippen LogP contribution in [0.4, 0.5) is 5.69 Å². The number of esters is 1. The largest absolute Gasteiger partial charge is 0.430 e. The molecule has 0 saturated carbocycles. The first-order chi connectivity index (χ1) is 12.8. The predicted octanol–water partition coefficient (Wildman–Crippen LogP) is 3.61. The van der Waals surface area contributed by atoms with Crippen LogP contribution >= 0.6 is 23.2 Å². The molecule has 0 saturated heterocycles. The Morgan fingerprint density at radius 3 is 2.41 bits per heavy atom. The lowest BCUT2D eigenvalue weighted by atomic mass is 10.00. The average Bonchev–Trinajstić information content (AvgIpc) is 2.70. The van der Waals surface area contributed by atoms with Gasteiger partial charge in [-0.3, -0.25) is 14.4 Å². The number of hydrogen-bond acceptors (Lipinski definition) is 5. The fourth-order valence-electron chi connectivity index (χ4n) is 2.79. The fourth-order valence-corrected chi connectivity index (χ4v) is 3.19. The molecule has 0 N–H and O–H groups in total. The molecule has 0 aromatic heterocycles. The molecule has 1 aliphatic heterocycles. The second-order valence-electron chi connectivity index (χ2n) is 5.77. The molecule has 138 valence electrons. The lowest BCUT2D eigenvalue weighted by Crippen LogP contribution is -2.42. The number of benzodiazepines with no additional fused rings is 1. The number of amides is 2. The standard InChI is InChI=1S/C19H14Cl2N2O4/c1-10(24)23-16-8-7-12(20)9-14(16)17(13-5-3-4-6-15(13)21)22-18(19(23)26)27-11(2)25/h3-9,18H,1-2H3/t18-/m1/s1. The van der Waals surface area contributed by atoms with E-state index in [4.69, 9.17) is 27.9 Å². The van der Waals surface area contributed by atoms with Gasteiger partial charge in [0.05, 0.1) is 11.4 Å². The number of halogens is 2. The zero-order chi connectivity index (χ0) is 19.7. The lowest BCUT2D eigenvalue weighted by molar-refractivity contribution is -0.152. The zero-order valence-electron chi connectivity index (χ0n) is 14.4. The second kappa shape index (κ2) is 7.50. The van der Waals surface area contributed by atoms with Crippen molar-refractivity contribution >= 4 is 52.4 Å². The van der Waals surface area contributed by atoms with E-state index in [0.29, 0.717) is 26.9 Å². The Labute approximate surface area is 165 Å². The summed E-state index contributed by atoms with van der Waals surface area (Å²) in [6.45, 7) is 2.40. The summed E-state index contributed by atoms with van der Waals surface area (Å²) in [5.74, 6) is -2.03. The number of benzene rings is 2. The van der Waals surface area contributed by atoms with Gasteiger partial charge in [-0.05, 0) is 24.3 Å². The van der Waals surface area contributed by atoms with Crippen LogP contribution in [0.3, 0.4) is 0 Å². The second-order valence-corrected chi connectivity index (χ2v) is 6.62. The summed E-state index contributed by atoms with van der Waals surface area (Å²) in [5.41, 5.74) is 1.51. The van der Waals surface area contributed by atoms with Crippen molar-refractivity contribution in [2.45, 2.75) is 20.1 Å². The maximum atomic E-state index is 12.9. The molecular formula is C19H14Cl2N2O4. The lowest BCUT2D eigenvalue weighted by Gasteiger charge is -2.21. The van der Waals surface area contributed by atoms with Gasteiger partial charge >= 0.3 is 5.97 Å². The first-order valence-electron chi connectivity index (χ1n) is 7.94. The molecule has 8 heteroatoms. The van der Waals surface area contributed by atoms with Crippen LogP contribution in [0.25, 0.3) is 0 Å². The Morgan fingerprint density at radius 1 is 1.07 bits per heavy atom. The number of ether oxygens (including phenoxy) is 1. The SMILES string of the molecule is CC(=O)O[C@H]1N=C(c2ccccc2Cl)c2cc(Cl)ccc2N(C(C)=O)C1=O. The molecule has 2 aromatic rings. The molecule has 27 heavy (non-hydrogen) atoms. The summed E-state index contributed by atoms with van der Waals surface area (Å²) in [7, 11) is 0. The van der Waals surface area contributed by atoms with Crippen LogP contribution in [0.1, 0.15) is 25.0 Å². The van der Waals surface area contributed by atoms with Gasteiger partial charge in [0, 0.05) is 35.0 Å². The number of nitrogens with zero attached hydrogens (tertiary/aromatic N) is 2. The highest BCUT2D eigenvalue weighted by molar-refractivity contribution is 6.37. The molecule has 0 unspecified atom stereocenters. The van der Waals surface area contributed by atoms with Gasteiger partial charge in [0.15, 0.2) is 0 Å². The molecule has 2 aromatic carbocycles. The first-order valence-corrected chi connectivity index (χ1v) is 8.69. The number of fused-ring (bicyclic) bond motifs is 1. The van der Waals surface area contributed by atoms with Crippen molar-refractivity contribution in [1.29, 1.82) is 0 Å². The third-order valence-electron chi connectivity index (χ3n) is 3.85. The van der Waals surface area contributed by atoms with Crippen LogP contribution in [0.15, 0.2) is 47.5 Å². The molecule has 1 aliphatic rings. The third kappa shape index (κ3) is 3.72. The molecular weight excluding hydrogens is 391 g/mol. The number of imide groups is 1. The number of aliphatic imine (C=N–C) groups is 1. The Hall–Kier alpha value is -2.70. The summed E-state index contributed by atoms with van der Waals surface area (Å²) < 4.78 is 5.07. The van der Waals surface area contributed by atoms with Crippen LogP contribution in [-0.4, -0.2) is 29.7 Å². The van der Waals surface area contributed by atoms with E-state index in [1.165, 1.54) is 6.92 Å². The first kappa shape index (κ1) is 19.1. The minimum atomic E-state index is -1.52. The molecule has 0 radical (unpaired) electrons. The van der Waals surface area contributed by atoms with Gasteiger partial charge in [-0.1, -0.05) is 41.4 Å². The van der Waals surface area contributed by atoms with E-state index < -0.39 is 24.0 Å². The fraction of sp³-hybridized carbons (Fsp3) is 0.158. The summed E-state index contributed by atoms with van der Waals surface area (Å²) in [6, 6.07) is 11.6. The number of carbonyl (C=O) groups is 3. The monoisotopic (exact) mass is 404 g/mol. The molecule has 6 nitrogen and oxygen atoms in total. The van der Waals surface area contributed by atoms with E-state index in [9.17, 15) is 14.4 Å². The Balaban J connectivity index is 2.33. The molecule has 0 spiro atoms. The Bertz CT molecular complexity index is 987. The molecule has 0 bridgehead atoms. The van der Waals surface area contributed by atoms with E-state index in [0.717, 1.165) is 11.8 Å². The minimum absolute atomic E-state index is 0.283. The molecule has 0 aliphatic carbocycles. The van der Waals surface area contributed by atoms with Gasteiger partial charge in [0.2, 0.25) is 5.91 Å². The van der Waals surface area contributed by atoms with Gasteiger partial charge in [-0.25, -0.2) is 9.89 Å². The molecule has 3 rings (SSSR count). The van der Waals surface area contributed by atoms with E-state index in [1.54, 1.807) is 42.5 Å². The van der Waals surface area contributed by atoms with E-state index >= 15 is 0 Å². The molecule has 0 fully saturated rings. The zero-order valence-corrected chi connectivity index (χ0v) is 15.9. The van der Waals surface area contributed by atoms with Gasteiger partial charge in [0.1, 0.15) is 0 Å². The van der Waals surface area contributed by atoms with Crippen LogP contribution in [-0.2, 0) is 19.1 Å². The summed E-state index contributed by atoms with van der Waals surface area (Å²) >= 11 is 12.5. The van der Waals surface area contributed by atoms with Crippen LogP contribution in [0.2, 0.25) is 10.0 Å². The topological polar surface area (TPSA) is 76.0 Å². The van der Waals surface area contributed by atoms with Crippen molar-refractivity contribution in [3.8, 4) is 0 Å². The molecule has 1 atom stereocenters. The number of hydrogen-bond donors (Lipinski definition) is 0. The van der Waals surface area contributed by atoms with E-state index in [-0.39, 0.29) is 5.69 Å². The van der Waals surface area contributed by atoms with Crippen molar-refractivity contribution < 1.29 is 19.1 Å². The van der Waals surface area contributed by atoms with Gasteiger partial charge in [-0.15, -0.1) is 0 Å². The van der Waals surface area contributed by atoms with Gasteiger partial charge < -0.3 is 4.74 Å². The Morgan fingerprint density at radius 2 is 1.78 bits per heavy atom. The van der Waals surface area contributed by atoms with Crippen LogP contribution in [0, 0.1) is 0 Å². The van der Waals surface area contributed by atoms with Crippen molar-refractivity contribution in [3.63, 3.8) is 0 Å². The predicted molar refractivity (Wildman–Crippen MR) is 102 cm³/mol. The molecule has 1 heterocycles. The number of anilines is 1. The minimum Gasteiger partial charge on any atom is -0.430 e. The summed E-state index contributed by atoms with van der Waals surface area (Å²) in [5, 5.41) is 0.767. The van der Waals surface area contributed by atoms with E-state index in [2.05, 4.69) is 4.99 Å². The van der Waals surface area contributed by atoms with Crippen molar-refractivity contribution in [3.05, 3.63) is 63.6 Å². The van der Waals surface area contributed by atoms with Gasteiger partial charge in [0.25, 0.3) is 12.1 Å².